The van der Waals surface area contributed by atoms with Crippen LogP contribution in [0.2, 0.25) is 0 Å². The quantitative estimate of drug-likeness (QED) is 0.643. The van der Waals surface area contributed by atoms with Gasteiger partial charge in [-0.15, -0.1) is 0 Å². The van der Waals surface area contributed by atoms with Crippen LogP contribution in [-0.4, -0.2) is 5.91 Å². The van der Waals surface area contributed by atoms with Gasteiger partial charge in [-0.2, -0.15) is 0 Å². The zero-order chi connectivity index (χ0) is 8.81. The minimum absolute atomic E-state index is 0.113. The van der Waals surface area contributed by atoms with Crippen molar-refractivity contribution < 1.29 is 4.79 Å². The van der Waals surface area contributed by atoms with Crippen molar-refractivity contribution >= 4 is 5.91 Å². The lowest BCUT2D eigenvalue weighted by Crippen LogP contribution is -2.19. The molecule has 64 valence electrons. The van der Waals surface area contributed by atoms with Crippen LogP contribution in [0.25, 0.3) is 0 Å². The van der Waals surface area contributed by atoms with Gasteiger partial charge in [0.2, 0.25) is 5.91 Å². The van der Waals surface area contributed by atoms with E-state index in [0.717, 1.165) is 0 Å². The minimum atomic E-state index is -0.131. The van der Waals surface area contributed by atoms with E-state index in [1.165, 1.54) is 0 Å². The van der Waals surface area contributed by atoms with E-state index < -0.39 is 0 Å². The van der Waals surface area contributed by atoms with E-state index in [4.69, 9.17) is 5.73 Å². The van der Waals surface area contributed by atoms with E-state index in [-0.39, 0.29) is 17.2 Å². The molecule has 0 spiro atoms. The topological polar surface area (TPSA) is 43.1 Å². The molecule has 0 aliphatic heterocycles. The second kappa shape index (κ2) is 2.23. The minimum Gasteiger partial charge on any atom is -0.369 e. The fraction of sp³-hybridized carbons (Fsp3) is 0.889. The van der Waals surface area contributed by atoms with Crippen molar-refractivity contribution in [2.45, 2.75) is 27.7 Å². The third-order valence-corrected chi connectivity index (χ3v) is 3.59. The summed E-state index contributed by atoms with van der Waals surface area (Å²) in [5, 5.41) is 0. The molecule has 1 aliphatic rings. The summed E-state index contributed by atoms with van der Waals surface area (Å²) < 4.78 is 0. The molecule has 2 unspecified atom stereocenters. The summed E-state index contributed by atoms with van der Waals surface area (Å²) in [5.41, 5.74) is 5.44. The highest BCUT2D eigenvalue weighted by Gasteiger charge is 2.62. The molecule has 1 fully saturated rings. The van der Waals surface area contributed by atoms with Gasteiger partial charge in [-0.05, 0) is 17.3 Å². The summed E-state index contributed by atoms with van der Waals surface area (Å²) in [6.45, 7) is 8.56. The van der Waals surface area contributed by atoms with Gasteiger partial charge in [-0.25, -0.2) is 0 Å². The highest BCUT2D eigenvalue weighted by Crippen LogP contribution is 2.62. The molecule has 1 saturated carbocycles. The molecule has 2 heteroatoms. The van der Waals surface area contributed by atoms with Gasteiger partial charge < -0.3 is 5.73 Å². The summed E-state index contributed by atoms with van der Waals surface area (Å²) in [5.74, 6) is 1.01. The van der Waals surface area contributed by atoms with Gasteiger partial charge in [-0.3, -0.25) is 4.79 Å². The van der Waals surface area contributed by atoms with Gasteiger partial charge in [0.05, 0.1) is 0 Å². The maximum Gasteiger partial charge on any atom is 0.221 e. The number of rotatable bonds is 2. The normalized spacial score (nSPS) is 42.6. The molecule has 0 aromatic rings. The number of primary amides is 1. The molecule has 0 radical (unpaired) electrons. The Morgan fingerprint density at radius 1 is 1.55 bits per heavy atom. The van der Waals surface area contributed by atoms with Crippen molar-refractivity contribution in [1.29, 1.82) is 0 Å². The lowest BCUT2D eigenvalue weighted by Gasteiger charge is -2.14. The van der Waals surface area contributed by atoms with E-state index in [2.05, 4.69) is 27.7 Å². The second-order valence-electron chi connectivity index (χ2n) is 4.19. The van der Waals surface area contributed by atoms with Crippen LogP contribution in [0, 0.1) is 23.2 Å². The molecule has 2 nitrogen and oxygen atoms in total. The molecule has 0 aromatic heterocycles. The van der Waals surface area contributed by atoms with Crippen LogP contribution in [0.15, 0.2) is 0 Å². The van der Waals surface area contributed by atoms with E-state index in [9.17, 15) is 4.79 Å². The first-order valence-electron chi connectivity index (χ1n) is 4.21. The summed E-state index contributed by atoms with van der Waals surface area (Å²) in [6.07, 6.45) is 0. The summed E-state index contributed by atoms with van der Waals surface area (Å²) in [7, 11) is 0. The number of carbonyl (C=O) groups is 1. The van der Waals surface area contributed by atoms with Gasteiger partial charge in [0.25, 0.3) is 0 Å². The van der Waals surface area contributed by atoms with Crippen molar-refractivity contribution in [2.75, 3.05) is 0 Å². The third kappa shape index (κ3) is 0.959. The molecular formula is C9H17NO. The number of amides is 1. The molecular weight excluding hydrogens is 138 g/mol. The molecule has 0 bridgehead atoms. The standard InChI is InChI=1S/C9H17NO/c1-5(2)9(4)6(3)7(9)8(10)11/h5-7H,1-4H3,(H2,10,11)/t6?,7?,9-/m0/s1. The van der Waals surface area contributed by atoms with Crippen LogP contribution in [0.4, 0.5) is 0 Å². The van der Waals surface area contributed by atoms with E-state index in [0.29, 0.717) is 11.8 Å². The molecule has 11 heavy (non-hydrogen) atoms. The monoisotopic (exact) mass is 155 g/mol. The predicted molar refractivity (Wildman–Crippen MR) is 44.8 cm³/mol. The van der Waals surface area contributed by atoms with Crippen molar-refractivity contribution in [1.82, 2.24) is 0 Å². The first kappa shape index (κ1) is 8.57. The summed E-state index contributed by atoms with van der Waals surface area (Å²) in [6, 6.07) is 0. The van der Waals surface area contributed by atoms with Crippen molar-refractivity contribution in [2.24, 2.45) is 28.9 Å². The number of hydrogen-bond donors (Lipinski definition) is 1. The zero-order valence-electron chi connectivity index (χ0n) is 7.72. The fourth-order valence-electron chi connectivity index (χ4n) is 2.19. The smallest absolute Gasteiger partial charge is 0.221 e. The Morgan fingerprint density at radius 2 is 2.00 bits per heavy atom. The molecule has 1 aliphatic carbocycles. The zero-order valence-corrected chi connectivity index (χ0v) is 7.72. The van der Waals surface area contributed by atoms with Gasteiger partial charge in [0.15, 0.2) is 0 Å². The maximum atomic E-state index is 10.9. The first-order valence-corrected chi connectivity index (χ1v) is 4.21. The Hall–Kier alpha value is -0.530. The van der Waals surface area contributed by atoms with Crippen molar-refractivity contribution in [3.8, 4) is 0 Å². The Morgan fingerprint density at radius 3 is 2.09 bits per heavy atom. The molecule has 1 rings (SSSR count). The number of hydrogen-bond acceptors (Lipinski definition) is 1. The van der Waals surface area contributed by atoms with E-state index in [1.54, 1.807) is 0 Å². The van der Waals surface area contributed by atoms with Gasteiger partial charge in [0, 0.05) is 5.92 Å². The lowest BCUT2D eigenvalue weighted by molar-refractivity contribution is -0.120. The molecule has 0 heterocycles. The molecule has 1 amide bonds. The molecule has 3 atom stereocenters. The molecule has 2 N–H and O–H groups in total. The summed E-state index contributed by atoms with van der Waals surface area (Å²) in [4.78, 5) is 10.9. The van der Waals surface area contributed by atoms with Gasteiger partial charge >= 0.3 is 0 Å². The highest BCUT2D eigenvalue weighted by molar-refractivity contribution is 5.81. The van der Waals surface area contributed by atoms with Crippen LogP contribution in [0.1, 0.15) is 27.7 Å². The Labute approximate surface area is 68.2 Å². The van der Waals surface area contributed by atoms with Crippen LogP contribution >= 0.6 is 0 Å². The fourth-order valence-corrected chi connectivity index (χ4v) is 2.19. The van der Waals surface area contributed by atoms with Crippen LogP contribution in [-0.2, 0) is 4.79 Å². The third-order valence-electron chi connectivity index (χ3n) is 3.59. The lowest BCUT2D eigenvalue weighted by atomic mass is 9.90. The average Bonchev–Trinajstić information content (AvgIpc) is 2.37. The SMILES string of the molecule is CC(C)[C@@]1(C)C(C)C1C(N)=O. The van der Waals surface area contributed by atoms with Crippen molar-refractivity contribution in [3.63, 3.8) is 0 Å². The highest BCUT2D eigenvalue weighted by atomic mass is 16.1. The van der Waals surface area contributed by atoms with E-state index >= 15 is 0 Å². The number of nitrogens with two attached hydrogens (primary N) is 1. The van der Waals surface area contributed by atoms with Gasteiger partial charge in [0.1, 0.15) is 0 Å². The molecule has 0 saturated heterocycles. The van der Waals surface area contributed by atoms with E-state index in [1.807, 2.05) is 0 Å². The summed E-state index contributed by atoms with van der Waals surface area (Å²) >= 11 is 0. The second-order valence-corrected chi connectivity index (χ2v) is 4.19. The van der Waals surface area contributed by atoms with Crippen molar-refractivity contribution in [3.05, 3.63) is 0 Å². The van der Waals surface area contributed by atoms with Gasteiger partial charge in [-0.1, -0.05) is 27.7 Å². The predicted octanol–water partition coefficient (Wildman–Crippen LogP) is 1.40. The average molecular weight is 155 g/mol. The maximum absolute atomic E-state index is 10.9. The number of carbonyl (C=O) groups excluding carboxylic acids is 1. The van der Waals surface area contributed by atoms with Crippen LogP contribution in [0.5, 0.6) is 0 Å². The Kier molecular flexibility index (Phi) is 1.73. The largest absolute Gasteiger partial charge is 0.369 e. The van der Waals surface area contributed by atoms with Crippen LogP contribution < -0.4 is 5.73 Å². The Balaban J connectivity index is 2.73. The molecule has 0 aromatic carbocycles. The Bertz CT molecular complexity index is 188. The first-order chi connectivity index (χ1) is 4.92. The van der Waals surface area contributed by atoms with Crippen LogP contribution in [0.3, 0.4) is 0 Å².